The number of ether oxygens (including phenoxy) is 2. The highest BCUT2D eigenvalue weighted by atomic mass is 16.5. The Hall–Kier alpha value is -3.10. The van der Waals surface area contributed by atoms with Gasteiger partial charge in [-0.2, -0.15) is 4.98 Å². The Morgan fingerprint density at radius 1 is 1.22 bits per heavy atom. The maximum absolute atomic E-state index is 13.0. The zero-order valence-electron chi connectivity index (χ0n) is 19.2. The lowest BCUT2D eigenvalue weighted by atomic mass is 9.80. The zero-order valence-corrected chi connectivity index (χ0v) is 19.2. The molecule has 9 nitrogen and oxygen atoms in total. The van der Waals surface area contributed by atoms with Crippen molar-refractivity contribution in [1.29, 1.82) is 0 Å². The van der Waals surface area contributed by atoms with Gasteiger partial charge in [0, 0.05) is 36.7 Å². The number of aryl methyl sites for hydroxylation is 1. The zero-order chi connectivity index (χ0) is 23.0. The smallest absolute Gasteiger partial charge is 0.251 e. The average Bonchev–Trinajstić information content (AvgIpc) is 3.45. The number of carbonyl (C=O) groups excluding carboxylic acids is 2. The second-order valence-corrected chi connectivity index (χ2v) is 9.08. The van der Waals surface area contributed by atoms with Crippen molar-refractivity contribution < 1.29 is 23.6 Å². The van der Waals surface area contributed by atoms with Gasteiger partial charge in [-0.25, -0.2) is 0 Å². The van der Waals surface area contributed by atoms with Crippen LogP contribution in [0.5, 0.6) is 11.5 Å². The van der Waals surface area contributed by atoms with E-state index in [-0.39, 0.29) is 29.7 Å². The van der Waals surface area contributed by atoms with Crippen LogP contribution < -0.4 is 14.8 Å². The largest absolute Gasteiger partial charge is 0.497 e. The summed E-state index contributed by atoms with van der Waals surface area (Å²) >= 11 is 0. The van der Waals surface area contributed by atoms with Crippen LogP contribution in [0, 0.1) is 18.8 Å². The van der Waals surface area contributed by atoms with Gasteiger partial charge in [0.15, 0.2) is 5.82 Å². The molecular formula is C23H30N4O5. The Morgan fingerprint density at radius 3 is 2.47 bits per heavy atom. The van der Waals surface area contributed by atoms with Gasteiger partial charge in [-0.1, -0.05) is 19.0 Å². The minimum Gasteiger partial charge on any atom is -0.497 e. The van der Waals surface area contributed by atoms with E-state index in [1.165, 1.54) is 0 Å². The molecule has 0 bridgehead atoms. The third kappa shape index (κ3) is 3.91. The van der Waals surface area contributed by atoms with Crippen molar-refractivity contribution in [1.82, 2.24) is 20.4 Å². The predicted molar refractivity (Wildman–Crippen MR) is 116 cm³/mol. The van der Waals surface area contributed by atoms with Crippen molar-refractivity contribution in [3.05, 3.63) is 35.5 Å². The minimum absolute atomic E-state index is 0.0751. The van der Waals surface area contributed by atoms with Crippen LogP contribution in [0.1, 0.15) is 48.8 Å². The first-order valence-electron chi connectivity index (χ1n) is 10.9. The van der Waals surface area contributed by atoms with Gasteiger partial charge in [-0.05, 0) is 37.8 Å². The van der Waals surface area contributed by atoms with E-state index in [0.29, 0.717) is 48.3 Å². The number of methoxy groups -OCH3 is 2. The van der Waals surface area contributed by atoms with E-state index in [1.54, 1.807) is 39.3 Å². The van der Waals surface area contributed by atoms with Crippen LogP contribution in [0.25, 0.3) is 0 Å². The number of hydrogen-bond donors (Lipinski definition) is 1. The number of nitrogens with zero attached hydrogens (tertiary/aromatic N) is 3. The lowest BCUT2D eigenvalue weighted by molar-refractivity contribution is -0.133. The number of aromatic nitrogens is 2. The van der Waals surface area contributed by atoms with Gasteiger partial charge in [0.2, 0.25) is 11.8 Å². The number of likely N-dealkylation sites (tertiary alicyclic amines) is 1. The molecule has 9 heteroatoms. The van der Waals surface area contributed by atoms with Crippen LogP contribution in [0.4, 0.5) is 0 Å². The molecular weight excluding hydrogens is 412 g/mol. The summed E-state index contributed by atoms with van der Waals surface area (Å²) < 4.78 is 16.2. The molecule has 2 heterocycles. The third-order valence-electron chi connectivity index (χ3n) is 6.58. The summed E-state index contributed by atoms with van der Waals surface area (Å²) in [5, 5.41) is 7.14. The standard InChI is InChI=1S/C23H30N4O5/c1-13(2)21(29)27-11-16-8-17(10-23(16,12-27)22-24-14(3)26-32-22)25-20(28)15-6-18(30-4)9-19(7-15)31-5/h6-7,9,13,16-17H,8,10-12H2,1-5H3,(H,25,28)/t16-,17+,23-/m0/s1. The first-order valence-corrected chi connectivity index (χ1v) is 10.9. The maximum Gasteiger partial charge on any atom is 0.251 e. The van der Waals surface area contributed by atoms with Crippen LogP contribution in [0.2, 0.25) is 0 Å². The normalized spacial score (nSPS) is 24.5. The summed E-state index contributed by atoms with van der Waals surface area (Å²) in [4.78, 5) is 32.1. The predicted octanol–water partition coefficient (Wildman–Crippen LogP) is 2.34. The molecule has 1 aliphatic heterocycles. The summed E-state index contributed by atoms with van der Waals surface area (Å²) in [6.07, 6.45) is 1.37. The highest BCUT2D eigenvalue weighted by molar-refractivity contribution is 5.95. The Labute approximate surface area is 187 Å². The van der Waals surface area contributed by atoms with Crippen molar-refractivity contribution in [3.63, 3.8) is 0 Å². The number of fused-ring (bicyclic) bond motifs is 1. The highest BCUT2D eigenvalue weighted by Gasteiger charge is 2.58. The maximum atomic E-state index is 13.0. The quantitative estimate of drug-likeness (QED) is 0.732. The SMILES string of the molecule is COc1cc(OC)cc(C(=O)N[C@@H]2C[C@H]3CN(C(=O)C(C)C)C[C@@]3(c3nc(C)no3)C2)c1. The van der Waals surface area contributed by atoms with Crippen LogP contribution in [-0.4, -0.2) is 60.2 Å². The van der Waals surface area contributed by atoms with Gasteiger partial charge in [0.25, 0.3) is 5.91 Å². The van der Waals surface area contributed by atoms with Gasteiger partial charge < -0.3 is 24.2 Å². The number of carbonyl (C=O) groups is 2. The summed E-state index contributed by atoms with van der Waals surface area (Å²) in [7, 11) is 3.10. The first kappa shape index (κ1) is 22.1. The Kier molecular flexibility index (Phi) is 5.83. The van der Waals surface area contributed by atoms with Gasteiger partial charge in [0.05, 0.1) is 19.6 Å². The van der Waals surface area contributed by atoms with Crippen molar-refractivity contribution in [2.45, 2.75) is 45.1 Å². The van der Waals surface area contributed by atoms with Crippen LogP contribution in [0.15, 0.2) is 22.7 Å². The number of benzene rings is 1. The van der Waals surface area contributed by atoms with Gasteiger partial charge >= 0.3 is 0 Å². The number of hydrogen-bond acceptors (Lipinski definition) is 7. The summed E-state index contributed by atoms with van der Waals surface area (Å²) in [5.74, 6) is 2.22. The van der Waals surface area contributed by atoms with E-state index in [4.69, 9.17) is 14.0 Å². The molecule has 0 spiro atoms. The summed E-state index contributed by atoms with van der Waals surface area (Å²) in [6.45, 7) is 6.75. The van der Waals surface area contributed by atoms with Gasteiger partial charge in [-0.3, -0.25) is 9.59 Å². The Morgan fingerprint density at radius 2 is 1.91 bits per heavy atom. The van der Waals surface area contributed by atoms with Gasteiger partial charge in [-0.15, -0.1) is 0 Å². The van der Waals surface area contributed by atoms with Crippen molar-refractivity contribution in [2.75, 3.05) is 27.3 Å². The topological polar surface area (TPSA) is 107 Å². The minimum atomic E-state index is -0.449. The van der Waals surface area contributed by atoms with E-state index in [0.717, 1.165) is 6.42 Å². The molecule has 0 unspecified atom stereocenters. The molecule has 32 heavy (non-hydrogen) atoms. The highest BCUT2D eigenvalue weighted by Crippen LogP contribution is 2.50. The summed E-state index contributed by atoms with van der Waals surface area (Å²) in [5.41, 5.74) is 0.0214. The monoisotopic (exact) mass is 442 g/mol. The van der Waals surface area contributed by atoms with E-state index >= 15 is 0 Å². The molecule has 2 aromatic rings. The number of amides is 2. The van der Waals surface area contributed by atoms with E-state index < -0.39 is 5.41 Å². The first-order chi connectivity index (χ1) is 15.3. The van der Waals surface area contributed by atoms with E-state index in [2.05, 4.69) is 15.5 Å². The molecule has 2 amide bonds. The van der Waals surface area contributed by atoms with Crippen molar-refractivity contribution >= 4 is 11.8 Å². The number of nitrogens with one attached hydrogen (secondary N) is 1. The van der Waals surface area contributed by atoms with Crippen LogP contribution in [-0.2, 0) is 10.2 Å². The fourth-order valence-corrected chi connectivity index (χ4v) is 5.05. The second-order valence-electron chi connectivity index (χ2n) is 9.08. The Bertz CT molecular complexity index is 997. The molecule has 3 atom stereocenters. The lowest BCUT2D eigenvalue weighted by Gasteiger charge is -2.26. The molecule has 1 aromatic heterocycles. The van der Waals surface area contributed by atoms with Crippen LogP contribution in [0.3, 0.4) is 0 Å². The van der Waals surface area contributed by atoms with Crippen LogP contribution >= 0.6 is 0 Å². The third-order valence-corrected chi connectivity index (χ3v) is 6.58. The summed E-state index contributed by atoms with van der Waals surface area (Å²) in [6, 6.07) is 5.03. The molecule has 2 fully saturated rings. The second kappa shape index (κ2) is 8.44. The van der Waals surface area contributed by atoms with Gasteiger partial charge in [0.1, 0.15) is 11.5 Å². The molecule has 1 N–H and O–H groups in total. The molecule has 0 radical (unpaired) electrons. The molecule has 2 aliphatic rings. The fourth-order valence-electron chi connectivity index (χ4n) is 5.05. The van der Waals surface area contributed by atoms with E-state index in [9.17, 15) is 9.59 Å². The molecule has 1 aromatic carbocycles. The van der Waals surface area contributed by atoms with Crippen molar-refractivity contribution in [2.24, 2.45) is 11.8 Å². The molecule has 1 saturated carbocycles. The van der Waals surface area contributed by atoms with Crippen molar-refractivity contribution in [3.8, 4) is 11.5 Å². The molecule has 1 aliphatic carbocycles. The molecule has 172 valence electrons. The molecule has 4 rings (SSSR count). The molecule has 1 saturated heterocycles. The number of rotatable bonds is 6. The van der Waals surface area contributed by atoms with E-state index in [1.807, 2.05) is 18.7 Å². The lowest BCUT2D eigenvalue weighted by Crippen LogP contribution is -2.40. The average molecular weight is 443 g/mol. The fraction of sp³-hybridized carbons (Fsp3) is 0.565. The Balaban J connectivity index is 1.55.